The maximum Gasteiger partial charge on any atom is 0.226 e. The third kappa shape index (κ3) is 7.19. The van der Waals surface area contributed by atoms with E-state index in [9.17, 15) is 4.79 Å². The van der Waals surface area contributed by atoms with Gasteiger partial charge in [0.2, 0.25) is 5.91 Å². The Morgan fingerprint density at radius 2 is 1.92 bits per heavy atom. The topological polar surface area (TPSA) is 44.8 Å². The summed E-state index contributed by atoms with van der Waals surface area (Å²) in [5.74, 6) is 1.16. The van der Waals surface area contributed by atoms with Gasteiger partial charge in [-0.25, -0.2) is 0 Å². The van der Waals surface area contributed by atoms with Crippen molar-refractivity contribution in [3.8, 4) is 5.75 Å². The smallest absolute Gasteiger partial charge is 0.226 e. The Bertz CT molecular complexity index is 1050. The van der Waals surface area contributed by atoms with E-state index in [0.29, 0.717) is 6.42 Å². The van der Waals surface area contributed by atoms with Crippen LogP contribution in [0, 0.1) is 0 Å². The lowest BCUT2D eigenvalue weighted by Crippen LogP contribution is -2.47. The molecule has 1 aliphatic heterocycles. The van der Waals surface area contributed by atoms with Gasteiger partial charge in [0, 0.05) is 49.1 Å². The number of piperidine rings is 1. The Balaban J connectivity index is 1.30. The van der Waals surface area contributed by atoms with E-state index in [2.05, 4.69) is 64.1 Å². The molecule has 2 aromatic carbocycles. The van der Waals surface area contributed by atoms with Crippen LogP contribution >= 0.6 is 11.3 Å². The number of thiophene rings is 1. The molecule has 0 aliphatic carbocycles. The van der Waals surface area contributed by atoms with Crippen LogP contribution in [0.2, 0.25) is 0 Å². The van der Waals surface area contributed by atoms with Gasteiger partial charge in [-0.05, 0) is 74.1 Å². The van der Waals surface area contributed by atoms with Crippen molar-refractivity contribution in [2.75, 3.05) is 38.1 Å². The number of hydrogen-bond acceptors (Lipinski definition) is 5. The van der Waals surface area contributed by atoms with E-state index < -0.39 is 0 Å². The van der Waals surface area contributed by atoms with Gasteiger partial charge in [0.25, 0.3) is 0 Å². The molecule has 2 heterocycles. The van der Waals surface area contributed by atoms with Gasteiger partial charge in [0.1, 0.15) is 11.9 Å². The normalized spacial score (nSPS) is 15.5. The molecule has 1 unspecified atom stereocenters. The molecule has 1 aliphatic rings. The number of carbonyl (C=O) groups is 1. The number of para-hydroxylation sites is 1. The molecular formula is C30H39N3O2S. The molecule has 5 nitrogen and oxygen atoms in total. The van der Waals surface area contributed by atoms with Crippen LogP contribution < -0.4 is 15.0 Å². The molecule has 1 aromatic heterocycles. The maximum atomic E-state index is 12.7. The Morgan fingerprint density at radius 1 is 1.11 bits per heavy atom. The molecular weight excluding hydrogens is 466 g/mol. The van der Waals surface area contributed by atoms with Crippen molar-refractivity contribution in [1.29, 1.82) is 0 Å². The molecule has 0 saturated carbocycles. The third-order valence-electron chi connectivity index (χ3n) is 6.94. The molecule has 4 rings (SSSR count). The average molecular weight is 506 g/mol. The van der Waals surface area contributed by atoms with Crippen molar-refractivity contribution in [2.45, 2.75) is 51.2 Å². The lowest BCUT2D eigenvalue weighted by atomic mass is 10.0. The summed E-state index contributed by atoms with van der Waals surface area (Å²) in [4.78, 5) is 18.6. The molecule has 1 N–H and O–H groups in total. The molecule has 1 amide bonds. The number of nitrogens with zero attached hydrogens (tertiary/aromatic N) is 2. The highest BCUT2D eigenvalue weighted by molar-refractivity contribution is 7.10. The standard InChI is InChI=1S/C30H39N3O2S/c1-3-30(34)33(25-10-5-4-6-11-25)26-16-20-32(21-17-26)19-15-24-9-7-12-27(23-24)35-28(14-18-31-2)29-13-8-22-36-29/h4-13,22-23,26,28,31H,3,14-21H2,1-2H3. The fraction of sp³-hybridized carbons (Fsp3) is 0.433. The van der Waals surface area contributed by atoms with Crippen molar-refractivity contribution in [3.63, 3.8) is 0 Å². The van der Waals surface area contributed by atoms with E-state index in [1.165, 1.54) is 10.4 Å². The van der Waals surface area contributed by atoms with Gasteiger partial charge in [0.15, 0.2) is 0 Å². The third-order valence-corrected chi connectivity index (χ3v) is 7.90. The number of carbonyl (C=O) groups excluding carboxylic acids is 1. The summed E-state index contributed by atoms with van der Waals surface area (Å²) in [6, 6.07) is 23.2. The number of benzene rings is 2. The van der Waals surface area contributed by atoms with Crippen LogP contribution in [0.5, 0.6) is 5.75 Å². The minimum Gasteiger partial charge on any atom is -0.485 e. The van der Waals surface area contributed by atoms with Crippen LogP contribution in [0.1, 0.15) is 49.2 Å². The lowest BCUT2D eigenvalue weighted by Gasteiger charge is -2.38. The zero-order valence-electron chi connectivity index (χ0n) is 21.6. The first kappa shape index (κ1) is 26.4. The first-order valence-corrected chi connectivity index (χ1v) is 14.1. The molecule has 0 spiro atoms. The van der Waals surface area contributed by atoms with Crippen LogP contribution in [-0.4, -0.2) is 50.1 Å². The molecule has 1 fully saturated rings. The molecule has 1 saturated heterocycles. The second-order valence-corrected chi connectivity index (χ2v) is 10.4. The number of rotatable bonds is 12. The van der Waals surface area contributed by atoms with Crippen molar-refractivity contribution >= 4 is 22.9 Å². The van der Waals surface area contributed by atoms with Gasteiger partial charge < -0.3 is 19.9 Å². The van der Waals surface area contributed by atoms with Gasteiger partial charge >= 0.3 is 0 Å². The molecule has 1 atom stereocenters. The van der Waals surface area contributed by atoms with E-state index in [4.69, 9.17) is 4.74 Å². The van der Waals surface area contributed by atoms with E-state index >= 15 is 0 Å². The summed E-state index contributed by atoms with van der Waals surface area (Å²) >= 11 is 1.75. The predicted octanol–water partition coefficient (Wildman–Crippen LogP) is 5.93. The summed E-state index contributed by atoms with van der Waals surface area (Å²) in [7, 11) is 1.98. The van der Waals surface area contributed by atoms with Gasteiger partial charge in [-0.3, -0.25) is 4.79 Å². The van der Waals surface area contributed by atoms with Crippen molar-refractivity contribution in [1.82, 2.24) is 10.2 Å². The second kappa shape index (κ2) is 13.6. The van der Waals surface area contributed by atoms with Gasteiger partial charge in [0.05, 0.1) is 0 Å². The van der Waals surface area contributed by atoms with Crippen LogP contribution in [-0.2, 0) is 11.2 Å². The number of amides is 1. The fourth-order valence-electron chi connectivity index (χ4n) is 4.95. The van der Waals surface area contributed by atoms with Gasteiger partial charge in [-0.2, -0.15) is 0 Å². The minimum absolute atomic E-state index is 0.0742. The van der Waals surface area contributed by atoms with E-state index in [0.717, 1.165) is 63.3 Å². The first-order chi connectivity index (χ1) is 17.7. The van der Waals surface area contributed by atoms with Crippen molar-refractivity contribution in [2.24, 2.45) is 0 Å². The van der Waals surface area contributed by atoms with E-state index in [1.807, 2.05) is 37.1 Å². The molecule has 0 bridgehead atoms. The Hall–Kier alpha value is -2.67. The highest BCUT2D eigenvalue weighted by Gasteiger charge is 2.28. The highest BCUT2D eigenvalue weighted by Crippen LogP contribution is 2.29. The maximum absolute atomic E-state index is 12.7. The van der Waals surface area contributed by atoms with Crippen LogP contribution in [0.25, 0.3) is 0 Å². The minimum atomic E-state index is 0.0742. The molecule has 6 heteroatoms. The van der Waals surface area contributed by atoms with Crippen LogP contribution in [0.3, 0.4) is 0 Å². The largest absolute Gasteiger partial charge is 0.485 e. The summed E-state index contributed by atoms with van der Waals surface area (Å²) in [5.41, 5.74) is 2.33. The van der Waals surface area contributed by atoms with Crippen molar-refractivity contribution in [3.05, 3.63) is 82.6 Å². The lowest BCUT2D eigenvalue weighted by molar-refractivity contribution is -0.119. The molecule has 192 valence electrons. The number of hydrogen-bond donors (Lipinski definition) is 1. The summed E-state index contributed by atoms with van der Waals surface area (Å²) in [5, 5.41) is 5.35. The number of nitrogens with one attached hydrogen (secondary N) is 1. The highest BCUT2D eigenvalue weighted by atomic mass is 32.1. The Kier molecular flexibility index (Phi) is 9.96. The van der Waals surface area contributed by atoms with E-state index in [-0.39, 0.29) is 18.1 Å². The first-order valence-electron chi connectivity index (χ1n) is 13.2. The van der Waals surface area contributed by atoms with Gasteiger partial charge in [-0.15, -0.1) is 11.3 Å². The summed E-state index contributed by atoms with van der Waals surface area (Å²) < 4.78 is 6.43. The van der Waals surface area contributed by atoms with Crippen LogP contribution in [0.15, 0.2) is 72.1 Å². The molecule has 3 aromatic rings. The Labute approximate surface area is 220 Å². The fourth-order valence-corrected chi connectivity index (χ4v) is 5.74. The van der Waals surface area contributed by atoms with Crippen molar-refractivity contribution < 1.29 is 9.53 Å². The SMILES string of the molecule is CCC(=O)N(c1ccccc1)C1CCN(CCc2cccc(OC(CCNC)c3cccs3)c2)CC1. The second-order valence-electron chi connectivity index (χ2n) is 9.44. The van der Waals surface area contributed by atoms with Crippen LogP contribution in [0.4, 0.5) is 5.69 Å². The molecule has 0 radical (unpaired) electrons. The quantitative estimate of drug-likeness (QED) is 0.331. The zero-order chi connectivity index (χ0) is 25.2. The number of anilines is 1. The monoisotopic (exact) mass is 505 g/mol. The summed E-state index contributed by atoms with van der Waals surface area (Å²) in [6.07, 6.45) is 4.57. The zero-order valence-corrected chi connectivity index (χ0v) is 22.4. The van der Waals surface area contributed by atoms with Gasteiger partial charge in [-0.1, -0.05) is 43.3 Å². The average Bonchev–Trinajstić information content (AvgIpc) is 3.46. The Morgan fingerprint density at radius 3 is 2.61 bits per heavy atom. The predicted molar refractivity (Wildman–Crippen MR) is 150 cm³/mol. The number of likely N-dealkylation sites (tertiary alicyclic amines) is 1. The number of ether oxygens (including phenoxy) is 1. The summed E-state index contributed by atoms with van der Waals surface area (Å²) in [6.45, 7) is 5.94. The molecule has 36 heavy (non-hydrogen) atoms. The van der Waals surface area contributed by atoms with E-state index in [1.54, 1.807) is 11.3 Å².